The zero-order valence-corrected chi connectivity index (χ0v) is 12.4. The molecule has 0 spiro atoms. The first-order valence-electron chi connectivity index (χ1n) is 7.12. The molecular weight excluding hydrogens is 274 g/mol. The number of hydrogen-bond acceptors (Lipinski definition) is 4. The van der Waals surface area contributed by atoms with Crippen molar-refractivity contribution in [3.05, 3.63) is 53.7 Å². The van der Waals surface area contributed by atoms with Crippen molar-refractivity contribution in [2.45, 2.75) is 13.8 Å². The van der Waals surface area contributed by atoms with Crippen molar-refractivity contribution in [1.82, 2.24) is 19.8 Å². The second kappa shape index (κ2) is 4.53. The van der Waals surface area contributed by atoms with E-state index in [-0.39, 0.29) is 0 Å². The highest BCUT2D eigenvalue weighted by Crippen LogP contribution is 2.27. The third kappa shape index (κ3) is 1.75. The minimum Gasteiger partial charge on any atom is -0.399 e. The number of rotatable bonds is 1. The molecule has 4 aromatic rings. The van der Waals surface area contributed by atoms with E-state index in [1.807, 2.05) is 50.2 Å². The number of aryl methyl sites for hydroxylation is 2. The SMILES string of the molecule is Cc1ccc(N)cc1-c1nnc2c3ccccc3c(C)nn12. The average Bonchev–Trinajstić information content (AvgIpc) is 2.94. The van der Waals surface area contributed by atoms with Gasteiger partial charge in [0, 0.05) is 22.0 Å². The number of fused-ring (bicyclic) bond motifs is 3. The van der Waals surface area contributed by atoms with Crippen molar-refractivity contribution >= 4 is 22.1 Å². The van der Waals surface area contributed by atoms with Gasteiger partial charge < -0.3 is 5.73 Å². The smallest absolute Gasteiger partial charge is 0.186 e. The monoisotopic (exact) mass is 289 g/mol. The molecule has 0 atom stereocenters. The van der Waals surface area contributed by atoms with Crippen LogP contribution in [0.15, 0.2) is 42.5 Å². The molecule has 0 radical (unpaired) electrons. The predicted octanol–water partition coefficient (Wildman–Crippen LogP) is 3.14. The van der Waals surface area contributed by atoms with Gasteiger partial charge >= 0.3 is 0 Å². The third-order valence-electron chi connectivity index (χ3n) is 3.95. The molecule has 108 valence electrons. The highest BCUT2D eigenvalue weighted by Gasteiger charge is 2.15. The average molecular weight is 289 g/mol. The molecule has 5 heteroatoms. The maximum absolute atomic E-state index is 5.92. The van der Waals surface area contributed by atoms with Crippen molar-refractivity contribution in [3.8, 4) is 11.4 Å². The second-order valence-electron chi connectivity index (χ2n) is 5.46. The summed E-state index contributed by atoms with van der Waals surface area (Å²) >= 11 is 0. The van der Waals surface area contributed by atoms with Crippen LogP contribution in [0.1, 0.15) is 11.3 Å². The molecule has 2 N–H and O–H groups in total. The van der Waals surface area contributed by atoms with E-state index in [4.69, 9.17) is 5.73 Å². The zero-order valence-electron chi connectivity index (χ0n) is 12.4. The van der Waals surface area contributed by atoms with Crippen LogP contribution in [-0.2, 0) is 0 Å². The van der Waals surface area contributed by atoms with E-state index in [9.17, 15) is 0 Å². The fourth-order valence-electron chi connectivity index (χ4n) is 2.79. The largest absolute Gasteiger partial charge is 0.399 e. The molecule has 0 bridgehead atoms. The quantitative estimate of drug-likeness (QED) is 0.546. The minimum atomic E-state index is 0.704. The summed E-state index contributed by atoms with van der Waals surface area (Å²) in [6.45, 7) is 4.03. The lowest BCUT2D eigenvalue weighted by Crippen LogP contribution is -2.00. The molecule has 5 nitrogen and oxygen atoms in total. The molecule has 0 saturated carbocycles. The van der Waals surface area contributed by atoms with Crippen molar-refractivity contribution in [1.29, 1.82) is 0 Å². The van der Waals surface area contributed by atoms with Gasteiger partial charge in [-0.1, -0.05) is 30.3 Å². The Bertz CT molecular complexity index is 1020. The van der Waals surface area contributed by atoms with Crippen molar-refractivity contribution < 1.29 is 0 Å². The lowest BCUT2D eigenvalue weighted by atomic mass is 10.1. The van der Waals surface area contributed by atoms with E-state index < -0.39 is 0 Å². The number of benzene rings is 2. The molecule has 0 aliphatic carbocycles. The summed E-state index contributed by atoms with van der Waals surface area (Å²) in [5, 5.41) is 15.5. The highest BCUT2D eigenvalue weighted by atomic mass is 15.4. The summed E-state index contributed by atoms with van der Waals surface area (Å²) in [7, 11) is 0. The van der Waals surface area contributed by atoms with Gasteiger partial charge in [0.25, 0.3) is 0 Å². The first-order valence-corrected chi connectivity index (χ1v) is 7.12. The Kier molecular flexibility index (Phi) is 2.63. The molecular formula is C17H15N5. The van der Waals surface area contributed by atoms with Gasteiger partial charge in [0.1, 0.15) is 0 Å². The molecule has 0 aliphatic rings. The van der Waals surface area contributed by atoms with Crippen molar-refractivity contribution in [2.75, 3.05) is 5.73 Å². The number of anilines is 1. The maximum atomic E-state index is 5.92. The number of nitrogen functional groups attached to an aromatic ring is 1. The third-order valence-corrected chi connectivity index (χ3v) is 3.95. The number of aromatic nitrogens is 4. The molecule has 2 heterocycles. The Morgan fingerprint density at radius 1 is 0.955 bits per heavy atom. The van der Waals surface area contributed by atoms with Gasteiger partial charge in [-0.15, -0.1) is 10.2 Å². The summed E-state index contributed by atoms with van der Waals surface area (Å²) in [6.07, 6.45) is 0. The molecule has 0 amide bonds. The molecule has 4 rings (SSSR count). The highest BCUT2D eigenvalue weighted by molar-refractivity contribution is 5.95. The Morgan fingerprint density at radius 2 is 1.73 bits per heavy atom. The molecule has 22 heavy (non-hydrogen) atoms. The Hall–Kier alpha value is -2.95. The van der Waals surface area contributed by atoms with Crippen LogP contribution in [0, 0.1) is 13.8 Å². The topological polar surface area (TPSA) is 69.1 Å². The van der Waals surface area contributed by atoms with Crippen LogP contribution in [0.5, 0.6) is 0 Å². The van der Waals surface area contributed by atoms with Gasteiger partial charge in [-0.25, -0.2) is 0 Å². The van der Waals surface area contributed by atoms with Crippen LogP contribution >= 0.6 is 0 Å². The number of nitrogens with two attached hydrogens (primary N) is 1. The Labute approximate surface area is 127 Å². The van der Waals surface area contributed by atoms with Crippen LogP contribution in [0.25, 0.3) is 27.8 Å². The summed E-state index contributed by atoms with van der Waals surface area (Å²) < 4.78 is 1.80. The molecule has 0 saturated heterocycles. The lowest BCUT2D eigenvalue weighted by molar-refractivity contribution is 0.914. The zero-order chi connectivity index (χ0) is 15.3. The van der Waals surface area contributed by atoms with E-state index in [0.717, 1.165) is 33.2 Å². The molecule has 0 aliphatic heterocycles. The van der Waals surface area contributed by atoms with Crippen LogP contribution in [0.4, 0.5) is 5.69 Å². The molecule has 2 aromatic carbocycles. The van der Waals surface area contributed by atoms with Crippen molar-refractivity contribution in [3.63, 3.8) is 0 Å². The summed E-state index contributed by atoms with van der Waals surface area (Å²) in [6, 6.07) is 13.9. The van der Waals surface area contributed by atoms with Gasteiger partial charge in [0.15, 0.2) is 11.5 Å². The lowest BCUT2D eigenvalue weighted by Gasteiger charge is -2.07. The number of nitrogens with zero attached hydrogens (tertiary/aromatic N) is 4. The Balaban J connectivity index is 2.11. The van der Waals surface area contributed by atoms with E-state index >= 15 is 0 Å². The molecule has 0 fully saturated rings. The standard InChI is InChI=1S/C17H15N5/c1-10-7-8-12(18)9-15(10)17-20-19-16-14-6-4-3-5-13(14)11(2)21-22(16)17/h3-9H,18H2,1-2H3. The fraction of sp³-hybridized carbons (Fsp3) is 0.118. The van der Waals surface area contributed by atoms with E-state index in [1.54, 1.807) is 4.52 Å². The van der Waals surface area contributed by atoms with Gasteiger partial charge in [0.2, 0.25) is 0 Å². The second-order valence-corrected chi connectivity index (χ2v) is 5.46. The number of hydrogen-bond donors (Lipinski definition) is 1. The van der Waals surface area contributed by atoms with Gasteiger partial charge in [-0.3, -0.25) is 0 Å². The predicted molar refractivity (Wildman–Crippen MR) is 87.6 cm³/mol. The summed E-state index contributed by atoms with van der Waals surface area (Å²) in [5.74, 6) is 0.716. The van der Waals surface area contributed by atoms with E-state index in [0.29, 0.717) is 11.5 Å². The maximum Gasteiger partial charge on any atom is 0.186 e. The van der Waals surface area contributed by atoms with Crippen LogP contribution in [0.3, 0.4) is 0 Å². The van der Waals surface area contributed by atoms with Gasteiger partial charge in [-0.05, 0) is 31.5 Å². The minimum absolute atomic E-state index is 0.704. The molecule has 2 aromatic heterocycles. The first kappa shape index (κ1) is 12.8. The van der Waals surface area contributed by atoms with E-state index in [2.05, 4.69) is 21.4 Å². The van der Waals surface area contributed by atoms with E-state index in [1.165, 1.54) is 0 Å². The Morgan fingerprint density at radius 3 is 2.55 bits per heavy atom. The fourth-order valence-corrected chi connectivity index (χ4v) is 2.79. The summed E-state index contributed by atoms with van der Waals surface area (Å²) in [4.78, 5) is 0. The van der Waals surface area contributed by atoms with Gasteiger partial charge in [0.05, 0.1) is 5.69 Å². The van der Waals surface area contributed by atoms with Crippen LogP contribution in [-0.4, -0.2) is 19.8 Å². The van der Waals surface area contributed by atoms with Crippen molar-refractivity contribution in [2.24, 2.45) is 0 Å². The summed E-state index contributed by atoms with van der Waals surface area (Å²) in [5.41, 5.74) is 10.4. The van der Waals surface area contributed by atoms with Crippen LogP contribution in [0.2, 0.25) is 0 Å². The molecule has 0 unspecified atom stereocenters. The van der Waals surface area contributed by atoms with Crippen LogP contribution < -0.4 is 5.73 Å². The van der Waals surface area contributed by atoms with Gasteiger partial charge in [-0.2, -0.15) is 9.61 Å². The normalized spacial score (nSPS) is 11.4. The first-order chi connectivity index (χ1) is 10.6.